The van der Waals surface area contributed by atoms with Crippen molar-refractivity contribution in [3.05, 3.63) is 12.2 Å². The van der Waals surface area contributed by atoms with Crippen molar-refractivity contribution in [3.63, 3.8) is 0 Å². The molecule has 0 saturated heterocycles. The van der Waals surface area contributed by atoms with Crippen LogP contribution in [0.15, 0.2) is 12.2 Å². The molecule has 0 radical (unpaired) electrons. The van der Waals surface area contributed by atoms with Gasteiger partial charge in [-0.1, -0.05) is 32.9 Å². The van der Waals surface area contributed by atoms with Crippen LogP contribution in [0.1, 0.15) is 20.8 Å². The lowest BCUT2D eigenvalue weighted by Crippen LogP contribution is -2.19. The highest BCUT2D eigenvalue weighted by Gasteiger charge is 2.13. The van der Waals surface area contributed by atoms with Gasteiger partial charge in [-0.15, -0.1) is 0 Å². The molecule has 0 aliphatic rings. The summed E-state index contributed by atoms with van der Waals surface area (Å²) in [6.45, 7) is 6.14. The van der Waals surface area contributed by atoms with Crippen LogP contribution in [-0.2, 0) is 0 Å². The van der Waals surface area contributed by atoms with E-state index in [2.05, 4.69) is 13.8 Å². The van der Waals surface area contributed by atoms with E-state index in [1.54, 1.807) is 12.2 Å². The number of hydrogen-bond acceptors (Lipinski definition) is 2. The van der Waals surface area contributed by atoms with Gasteiger partial charge in [-0.05, 0) is 11.8 Å². The first-order chi connectivity index (χ1) is 5.09. The lowest BCUT2D eigenvalue weighted by Gasteiger charge is -2.18. The zero-order valence-corrected chi connectivity index (χ0v) is 7.49. The van der Waals surface area contributed by atoms with Crippen LogP contribution in [0.5, 0.6) is 0 Å². The Kier molecular flexibility index (Phi) is 5.16. The first-order valence-corrected chi connectivity index (χ1v) is 4.05. The van der Waals surface area contributed by atoms with Crippen molar-refractivity contribution in [2.75, 3.05) is 6.61 Å². The van der Waals surface area contributed by atoms with E-state index in [-0.39, 0.29) is 12.5 Å². The molecule has 0 aromatic carbocycles. The summed E-state index contributed by atoms with van der Waals surface area (Å²) in [5, 5.41) is 17.9. The molecule has 0 spiro atoms. The molecule has 0 saturated carbocycles. The van der Waals surface area contributed by atoms with Gasteiger partial charge in [-0.3, -0.25) is 0 Å². The normalized spacial score (nSPS) is 17.6. The fourth-order valence-corrected chi connectivity index (χ4v) is 0.770. The van der Waals surface area contributed by atoms with Gasteiger partial charge in [-0.25, -0.2) is 0 Å². The summed E-state index contributed by atoms with van der Waals surface area (Å²) in [6, 6.07) is 0. The molecule has 2 heteroatoms. The van der Waals surface area contributed by atoms with E-state index in [9.17, 15) is 5.11 Å². The SMILES string of the molecule is CC(C)C(C)C(O)C=CCO. The Labute approximate surface area is 68.6 Å². The minimum atomic E-state index is -0.429. The van der Waals surface area contributed by atoms with Crippen LogP contribution in [0.25, 0.3) is 0 Å². The fraction of sp³-hybridized carbons (Fsp3) is 0.778. The van der Waals surface area contributed by atoms with Crippen LogP contribution in [0.3, 0.4) is 0 Å². The van der Waals surface area contributed by atoms with Crippen LogP contribution in [0.2, 0.25) is 0 Å². The molecule has 0 aliphatic heterocycles. The Morgan fingerprint density at radius 3 is 2.18 bits per heavy atom. The molecular weight excluding hydrogens is 140 g/mol. The number of hydrogen-bond donors (Lipinski definition) is 2. The van der Waals surface area contributed by atoms with Crippen molar-refractivity contribution in [2.24, 2.45) is 11.8 Å². The van der Waals surface area contributed by atoms with Gasteiger partial charge in [0.2, 0.25) is 0 Å². The average Bonchev–Trinajstić information content (AvgIpc) is 1.98. The maximum Gasteiger partial charge on any atom is 0.0749 e. The zero-order valence-electron chi connectivity index (χ0n) is 7.49. The molecule has 2 nitrogen and oxygen atoms in total. The molecule has 0 rings (SSSR count). The van der Waals surface area contributed by atoms with Gasteiger partial charge >= 0.3 is 0 Å². The maximum absolute atomic E-state index is 9.42. The third kappa shape index (κ3) is 4.17. The monoisotopic (exact) mass is 158 g/mol. The Morgan fingerprint density at radius 1 is 1.27 bits per heavy atom. The predicted octanol–water partition coefficient (Wildman–Crippen LogP) is 1.19. The maximum atomic E-state index is 9.42. The third-order valence-electron chi connectivity index (χ3n) is 2.03. The number of rotatable bonds is 4. The first kappa shape index (κ1) is 10.7. The largest absolute Gasteiger partial charge is 0.392 e. The quantitative estimate of drug-likeness (QED) is 0.603. The van der Waals surface area contributed by atoms with Crippen molar-refractivity contribution in [1.82, 2.24) is 0 Å². The summed E-state index contributed by atoms with van der Waals surface area (Å²) in [4.78, 5) is 0. The van der Waals surface area contributed by atoms with Gasteiger partial charge in [0.05, 0.1) is 12.7 Å². The summed E-state index contributed by atoms with van der Waals surface area (Å²) in [7, 11) is 0. The van der Waals surface area contributed by atoms with Crippen LogP contribution in [0, 0.1) is 11.8 Å². The van der Waals surface area contributed by atoms with Crippen LogP contribution in [-0.4, -0.2) is 22.9 Å². The number of aliphatic hydroxyl groups is 2. The average molecular weight is 158 g/mol. The van der Waals surface area contributed by atoms with Crippen molar-refractivity contribution in [3.8, 4) is 0 Å². The topological polar surface area (TPSA) is 40.5 Å². The smallest absolute Gasteiger partial charge is 0.0749 e. The van der Waals surface area contributed by atoms with Gasteiger partial charge < -0.3 is 10.2 Å². The highest BCUT2D eigenvalue weighted by Crippen LogP contribution is 2.14. The summed E-state index contributed by atoms with van der Waals surface area (Å²) >= 11 is 0. The molecule has 11 heavy (non-hydrogen) atoms. The van der Waals surface area contributed by atoms with Crippen LogP contribution < -0.4 is 0 Å². The first-order valence-electron chi connectivity index (χ1n) is 4.05. The van der Waals surface area contributed by atoms with Crippen molar-refractivity contribution < 1.29 is 10.2 Å². The Morgan fingerprint density at radius 2 is 1.82 bits per heavy atom. The van der Waals surface area contributed by atoms with Gasteiger partial charge in [-0.2, -0.15) is 0 Å². The van der Waals surface area contributed by atoms with Crippen LogP contribution >= 0.6 is 0 Å². The Hall–Kier alpha value is -0.340. The molecule has 0 amide bonds. The van der Waals surface area contributed by atoms with E-state index in [1.165, 1.54) is 0 Å². The van der Waals surface area contributed by atoms with E-state index in [4.69, 9.17) is 5.11 Å². The summed E-state index contributed by atoms with van der Waals surface area (Å²) < 4.78 is 0. The molecule has 0 fully saturated rings. The lowest BCUT2D eigenvalue weighted by molar-refractivity contribution is 0.133. The molecule has 0 aromatic heterocycles. The molecule has 0 bridgehead atoms. The fourth-order valence-electron chi connectivity index (χ4n) is 0.770. The van der Waals surface area contributed by atoms with E-state index in [0.29, 0.717) is 5.92 Å². The van der Waals surface area contributed by atoms with Gasteiger partial charge in [0.1, 0.15) is 0 Å². The zero-order chi connectivity index (χ0) is 8.85. The second kappa shape index (κ2) is 5.33. The van der Waals surface area contributed by atoms with Gasteiger partial charge in [0.15, 0.2) is 0 Å². The standard InChI is InChI=1S/C9H18O2/c1-7(2)8(3)9(11)5-4-6-10/h4-5,7-11H,6H2,1-3H3. The van der Waals surface area contributed by atoms with Gasteiger partial charge in [0.25, 0.3) is 0 Å². The predicted molar refractivity (Wildman–Crippen MR) is 46.2 cm³/mol. The summed E-state index contributed by atoms with van der Waals surface area (Å²) in [5.74, 6) is 0.714. The lowest BCUT2D eigenvalue weighted by atomic mass is 9.92. The van der Waals surface area contributed by atoms with E-state index in [0.717, 1.165) is 0 Å². The second-order valence-electron chi connectivity index (χ2n) is 3.20. The molecule has 2 unspecified atom stereocenters. The molecule has 0 aliphatic carbocycles. The molecular formula is C9H18O2. The molecule has 66 valence electrons. The second-order valence-corrected chi connectivity index (χ2v) is 3.20. The molecule has 2 atom stereocenters. The van der Waals surface area contributed by atoms with Crippen molar-refractivity contribution in [2.45, 2.75) is 26.9 Å². The summed E-state index contributed by atoms with van der Waals surface area (Å²) in [6.07, 6.45) is 2.79. The minimum Gasteiger partial charge on any atom is -0.392 e. The van der Waals surface area contributed by atoms with E-state index < -0.39 is 6.10 Å². The summed E-state index contributed by atoms with van der Waals surface area (Å²) in [5.41, 5.74) is 0. The van der Waals surface area contributed by atoms with E-state index in [1.807, 2.05) is 6.92 Å². The third-order valence-corrected chi connectivity index (χ3v) is 2.03. The molecule has 2 N–H and O–H groups in total. The highest BCUT2D eigenvalue weighted by atomic mass is 16.3. The minimum absolute atomic E-state index is 0.00186. The van der Waals surface area contributed by atoms with Crippen molar-refractivity contribution in [1.29, 1.82) is 0 Å². The van der Waals surface area contributed by atoms with Gasteiger partial charge in [0, 0.05) is 0 Å². The van der Waals surface area contributed by atoms with Crippen LogP contribution in [0.4, 0.5) is 0 Å². The van der Waals surface area contributed by atoms with E-state index >= 15 is 0 Å². The number of aliphatic hydroxyl groups excluding tert-OH is 2. The Bertz CT molecular complexity index is 119. The molecule has 0 heterocycles. The van der Waals surface area contributed by atoms with Crippen molar-refractivity contribution >= 4 is 0 Å². The molecule has 0 aromatic rings. The Balaban J connectivity index is 3.81. The highest BCUT2D eigenvalue weighted by molar-refractivity contribution is 4.91.